The van der Waals surface area contributed by atoms with Crippen LogP contribution in [0.25, 0.3) is 0 Å². The van der Waals surface area contributed by atoms with Crippen molar-refractivity contribution in [2.75, 3.05) is 7.11 Å². The number of methoxy groups -OCH3 is 1. The van der Waals surface area contributed by atoms with E-state index in [1.807, 2.05) is 0 Å². The van der Waals surface area contributed by atoms with E-state index in [2.05, 4.69) is 38.1 Å². The Morgan fingerprint density at radius 2 is 1.79 bits per heavy atom. The number of benzene rings is 1. The van der Waals surface area contributed by atoms with Gasteiger partial charge in [0.1, 0.15) is 11.5 Å². The summed E-state index contributed by atoms with van der Waals surface area (Å²) < 4.78 is 5.41. The monoisotopic (exact) mass is 396 g/mol. The van der Waals surface area contributed by atoms with Gasteiger partial charge in [-0.05, 0) is 96.6 Å². The summed E-state index contributed by atoms with van der Waals surface area (Å²) in [6, 6.07) is 8.70. The molecule has 0 amide bonds. The lowest BCUT2D eigenvalue weighted by Crippen LogP contribution is -2.56. The van der Waals surface area contributed by atoms with Gasteiger partial charge in [-0.1, -0.05) is 26.0 Å². The quantitative estimate of drug-likeness (QED) is 0.732. The SMILES string of the molecule is COc1ccc(C2C[C@]3(C)C(O)CC[C@H]3[C@@H]3CCC4CC(=O)CC[C@]4(C)[C@H]23)cc1. The van der Waals surface area contributed by atoms with Gasteiger partial charge in [0, 0.05) is 12.8 Å². The minimum Gasteiger partial charge on any atom is -0.497 e. The number of fused-ring (bicyclic) bond motifs is 5. The van der Waals surface area contributed by atoms with Crippen molar-refractivity contribution in [1.29, 1.82) is 0 Å². The molecule has 0 radical (unpaired) electrons. The van der Waals surface area contributed by atoms with E-state index in [0.29, 0.717) is 35.4 Å². The van der Waals surface area contributed by atoms with Crippen LogP contribution in [-0.2, 0) is 4.79 Å². The number of aliphatic hydroxyl groups excluding tert-OH is 1. The maximum absolute atomic E-state index is 12.3. The first-order chi connectivity index (χ1) is 13.9. The van der Waals surface area contributed by atoms with E-state index in [0.717, 1.165) is 37.9 Å². The fourth-order valence-electron chi connectivity index (χ4n) is 8.38. The van der Waals surface area contributed by atoms with Gasteiger partial charge in [-0.15, -0.1) is 0 Å². The van der Waals surface area contributed by atoms with Crippen LogP contribution in [0.15, 0.2) is 24.3 Å². The standard InChI is InChI=1S/C26H36O3/c1-25-13-12-18(27)14-17(25)6-9-20-22-10-11-23(28)26(22,2)15-21(24(20)25)16-4-7-19(29-3)8-5-16/h4-5,7-8,17,20-24,28H,6,9-15H2,1-3H3/t17?,20-,21?,22-,23?,24-,25-,26-/m0/s1. The molecule has 0 bridgehead atoms. The molecule has 1 aromatic carbocycles. The van der Waals surface area contributed by atoms with E-state index >= 15 is 0 Å². The van der Waals surface area contributed by atoms with Crippen LogP contribution in [0.4, 0.5) is 0 Å². The smallest absolute Gasteiger partial charge is 0.133 e. The average molecular weight is 397 g/mol. The van der Waals surface area contributed by atoms with Gasteiger partial charge in [0.25, 0.3) is 0 Å². The molecule has 3 unspecified atom stereocenters. The molecular formula is C26H36O3. The lowest BCUT2D eigenvalue weighted by Gasteiger charge is -2.62. The minimum atomic E-state index is -0.173. The van der Waals surface area contributed by atoms with Gasteiger partial charge >= 0.3 is 0 Å². The molecule has 4 saturated carbocycles. The molecule has 0 aromatic heterocycles. The second-order valence-corrected chi connectivity index (χ2v) is 11.0. The predicted octanol–water partition coefficient (Wildman–Crippen LogP) is 5.36. The van der Waals surface area contributed by atoms with Crippen molar-refractivity contribution in [3.8, 4) is 5.75 Å². The number of ether oxygens (including phenoxy) is 1. The molecule has 0 saturated heterocycles. The van der Waals surface area contributed by atoms with Gasteiger partial charge in [0.15, 0.2) is 0 Å². The lowest BCUT2D eigenvalue weighted by atomic mass is 9.42. The third-order valence-corrected chi connectivity index (χ3v) is 9.93. The molecule has 3 nitrogen and oxygen atoms in total. The topological polar surface area (TPSA) is 46.5 Å². The predicted molar refractivity (Wildman–Crippen MR) is 114 cm³/mol. The molecule has 0 heterocycles. The lowest BCUT2D eigenvalue weighted by molar-refractivity contribution is -0.147. The van der Waals surface area contributed by atoms with Crippen molar-refractivity contribution in [2.45, 2.75) is 77.2 Å². The van der Waals surface area contributed by atoms with Gasteiger partial charge < -0.3 is 9.84 Å². The van der Waals surface area contributed by atoms with Gasteiger partial charge in [0.05, 0.1) is 13.2 Å². The molecule has 8 atom stereocenters. The highest BCUT2D eigenvalue weighted by atomic mass is 16.5. The van der Waals surface area contributed by atoms with E-state index in [-0.39, 0.29) is 16.9 Å². The largest absolute Gasteiger partial charge is 0.497 e. The zero-order chi connectivity index (χ0) is 20.4. The molecule has 1 N–H and O–H groups in total. The Hall–Kier alpha value is -1.35. The highest BCUT2D eigenvalue weighted by Crippen LogP contribution is 2.69. The Kier molecular flexibility index (Phi) is 4.62. The molecule has 1 aromatic rings. The van der Waals surface area contributed by atoms with E-state index in [4.69, 9.17) is 4.74 Å². The Morgan fingerprint density at radius 1 is 1.03 bits per heavy atom. The van der Waals surface area contributed by atoms with Crippen LogP contribution in [0.5, 0.6) is 5.75 Å². The van der Waals surface area contributed by atoms with E-state index < -0.39 is 0 Å². The molecule has 4 aliphatic carbocycles. The summed E-state index contributed by atoms with van der Waals surface area (Å²) in [4.78, 5) is 12.3. The first kappa shape index (κ1) is 19.6. The molecule has 0 aliphatic heterocycles. The van der Waals surface area contributed by atoms with Crippen LogP contribution >= 0.6 is 0 Å². The third kappa shape index (κ3) is 2.83. The number of hydrogen-bond donors (Lipinski definition) is 1. The zero-order valence-electron chi connectivity index (χ0n) is 18.2. The van der Waals surface area contributed by atoms with Gasteiger partial charge in [-0.2, -0.15) is 0 Å². The molecule has 158 valence electrons. The Balaban J connectivity index is 1.59. The van der Waals surface area contributed by atoms with E-state index in [9.17, 15) is 9.90 Å². The van der Waals surface area contributed by atoms with Gasteiger partial charge in [0.2, 0.25) is 0 Å². The summed E-state index contributed by atoms with van der Waals surface area (Å²) in [5.41, 5.74) is 1.67. The highest BCUT2D eigenvalue weighted by Gasteiger charge is 2.63. The highest BCUT2D eigenvalue weighted by molar-refractivity contribution is 5.79. The first-order valence-corrected chi connectivity index (χ1v) is 11.7. The van der Waals surface area contributed by atoms with Crippen LogP contribution in [0.1, 0.15) is 76.7 Å². The maximum Gasteiger partial charge on any atom is 0.133 e. The van der Waals surface area contributed by atoms with Crippen LogP contribution in [0.2, 0.25) is 0 Å². The van der Waals surface area contributed by atoms with Crippen LogP contribution in [0.3, 0.4) is 0 Å². The minimum absolute atomic E-state index is 0.0272. The second-order valence-electron chi connectivity index (χ2n) is 11.0. The Bertz CT molecular complexity index is 786. The molecule has 29 heavy (non-hydrogen) atoms. The van der Waals surface area contributed by atoms with Crippen LogP contribution in [0, 0.1) is 34.5 Å². The molecule has 0 spiro atoms. The van der Waals surface area contributed by atoms with Crippen molar-refractivity contribution < 1.29 is 14.6 Å². The summed E-state index contributed by atoms with van der Waals surface area (Å²) in [6.45, 7) is 4.87. The van der Waals surface area contributed by atoms with Crippen molar-refractivity contribution in [1.82, 2.24) is 0 Å². The Labute approximate surface area is 175 Å². The zero-order valence-corrected chi connectivity index (χ0v) is 18.2. The van der Waals surface area contributed by atoms with Crippen LogP contribution < -0.4 is 4.74 Å². The van der Waals surface area contributed by atoms with Gasteiger partial charge in [-0.25, -0.2) is 0 Å². The summed E-state index contributed by atoms with van der Waals surface area (Å²) in [6.07, 6.45) is 8.06. The Morgan fingerprint density at radius 3 is 2.52 bits per heavy atom. The molecular weight excluding hydrogens is 360 g/mol. The van der Waals surface area contributed by atoms with Crippen molar-refractivity contribution in [2.24, 2.45) is 34.5 Å². The number of carbonyl (C=O) groups is 1. The van der Waals surface area contributed by atoms with Gasteiger partial charge in [-0.3, -0.25) is 4.79 Å². The van der Waals surface area contributed by atoms with Crippen LogP contribution in [-0.4, -0.2) is 24.1 Å². The number of ketones is 1. The fourth-order valence-corrected chi connectivity index (χ4v) is 8.38. The number of Topliss-reactive ketones (excluding diaryl/α,β-unsaturated/α-hetero) is 1. The molecule has 3 heteroatoms. The maximum atomic E-state index is 12.3. The van der Waals surface area contributed by atoms with Crippen molar-refractivity contribution >= 4 is 5.78 Å². The third-order valence-electron chi connectivity index (χ3n) is 9.93. The summed E-state index contributed by atoms with van der Waals surface area (Å²) in [5, 5.41) is 11.0. The number of carbonyl (C=O) groups excluding carboxylic acids is 1. The summed E-state index contributed by atoms with van der Waals surface area (Å²) >= 11 is 0. The summed E-state index contributed by atoms with van der Waals surface area (Å²) in [7, 11) is 1.72. The van der Waals surface area contributed by atoms with E-state index in [1.54, 1.807) is 7.11 Å². The van der Waals surface area contributed by atoms with E-state index in [1.165, 1.54) is 24.8 Å². The van der Waals surface area contributed by atoms with Crippen molar-refractivity contribution in [3.05, 3.63) is 29.8 Å². The number of rotatable bonds is 2. The molecule has 5 rings (SSSR count). The first-order valence-electron chi connectivity index (χ1n) is 11.7. The van der Waals surface area contributed by atoms with Crippen molar-refractivity contribution in [3.63, 3.8) is 0 Å². The number of hydrogen-bond acceptors (Lipinski definition) is 3. The fraction of sp³-hybridized carbons (Fsp3) is 0.731. The average Bonchev–Trinajstić information content (AvgIpc) is 3.02. The molecule has 4 fully saturated rings. The second kappa shape index (κ2) is 6.83. The molecule has 4 aliphatic rings. The normalized spacial score (nSPS) is 46.6. The number of aliphatic hydroxyl groups is 1. The summed E-state index contributed by atoms with van der Waals surface area (Å²) in [5.74, 6) is 4.30.